The van der Waals surface area contributed by atoms with Crippen molar-refractivity contribution in [1.82, 2.24) is 14.5 Å². The van der Waals surface area contributed by atoms with Crippen molar-refractivity contribution < 1.29 is 4.74 Å². The lowest BCUT2D eigenvalue weighted by Crippen LogP contribution is -2.22. The van der Waals surface area contributed by atoms with Crippen LogP contribution in [0.3, 0.4) is 0 Å². The molecule has 27 heavy (non-hydrogen) atoms. The van der Waals surface area contributed by atoms with Gasteiger partial charge in [0.15, 0.2) is 0 Å². The molecule has 0 aliphatic carbocycles. The van der Waals surface area contributed by atoms with Gasteiger partial charge in [-0.1, -0.05) is 37.3 Å². The number of aromatic nitrogens is 3. The second-order valence-electron chi connectivity index (χ2n) is 8.15. The Morgan fingerprint density at radius 2 is 2.00 bits per heavy atom. The number of benzene rings is 1. The number of halogens is 1. The highest BCUT2D eigenvalue weighted by Gasteiger charge is 2.15. The van der Waals surface area contributed by atoms with Gasteiger partial charge in [0, 0.05) is 43.5 Å². The number of aromatic amines is 1. The number of pyridine rings is 1. The van der Waals surface area contributed by atoms with Crippen molar-refractivity contribution in [2.24, 2.45) is 0 Å². The van der Waals surface area contributed by atoms with Crippen LogP contribution in [-0.2, 0) is 11.5 Å². The van der Waals surface area contributed by atoms with Gasteiger partial charge in [-0.3, -0.25) is 0 Å². The second kappa shape index (κ2) is 7.15. The molecule has 0 amide bonds. The van der Waals surface area contributed by atoms with Crippen molar-refractivity contribution in [3.8, 4) is 11.1 Å². The lowest BCUT2D eigenvalue weighted by atomic mass is 10.0. The van der Waals surface area contributed by atoms with Gasteiger partial charge in [0.05, 0.1) is 0 Å². The molecule has 3 heterocycles. The summed E-state index contributed by atoms with van der Waals surface area (Å²) in [5.41, 5.74) is 4.31. The minimum atomic E-state index is -1.10. The molecule has 0 saturated carbocycles. The van der Waals surface area contributed by atoms with Gasteiger partial charge in [-0.15, -0.1) is 0 Å². The number of ether oxygens (including phenoxy) is 1. The van der Waals surface area contributed by atoms with Crippen LogP contribution in [0.25, 0.3) is 33.1 Å². The van der Waals surface area contributed by atoms with E-state index in [1.807, 2.05) is 18.3 Å². The van der Waals surface area contributed by atoms with Crippen LogP contribution < -0.4 is 0 Å². The molecular weight excluding hydrogens is 374 g/mol. The summed E-state index contributed by atoms with van der Waals surface area (Å²) >= 11 is 6.17. The molecule has 0 aliphatic rings. The fourth-order valence-electron chi connectivity index (χ4n) is 3.23. The van der Waals surface area contributed by atoms with E-state index in [9.17, 15) is 0 Å². The maximum atomic E-state index is 6.17. The smallest absolute Gasteiger partial charge is 0.144 e. The Kier molecular flexibility index (Phi) is 4.84. The number of rotatable bonds is 6. The highest BCUT2D eigenvalue weighted by Crippen LogP contribution is 2.32. The summed E-state index contributed by atoms with van der Waals surface area (Å²) in [6, 6.07) is 13.6. The zero-order valence-electron chi connectivity index (χ0n) is 15.9. The van der Waals surface area contributed by atoms with Gasteiger partial charge in [-0.25, -0.2) is 4.98 Å². The fraction of sp³-hybridized carbons (Fsp3) is 0.286. The largest absolute Gasteiger partial charge is 0.361 e. The second-order valence-corrected chi connectivity index (χ2v) is 14.2. The molecule has 0 bridgehead atoms. The predicted molar refractivity (Wildman–Crippen MR) is 116 cm³/mol. The number of hydrogen-bond acceptors (Lipinski definition) is 2. The van der Waals surface area contributed by atoms with E-state index in [-0.39, 0.29) is 0 Å². The van der Waals surface area contributed by atoms with Gasteiger partial charge in [0.2, 0.25) is 0 Å². The maximum absolute atomic E-state index is 6.17. The molecule has 4 aromatic rings. The van der Waals surface area contributed by atoms with Crippen molar-refractivity contribution >= 4 is 41.6 Å². The Labute approximate surface area is 165 Å². The molecule has 3 aromatic heterocycles. The zero-order valence-corrected chi connectivity index (χ0v) is 17.7. The third kappa shape index (κ3) is 3.95. The van der Waals surface area contributed by atoms with Gasteiger partial charge in [0.1, 0.15) is 17.5 Å². The lowest BCUT2D eigenvalue weighted by Gasteiger charge is -2.15. The van der Waals surface area contributed by atoms with Crippen molar-refractivity contribution in [3.63, 3.8) is 0 Å². The minimum absolute atomic E-state index is 0.487. The van der Waals surface area contributed by atoms with E-state index in [2.05, 4.69) is 64.6 Å². The van der Waals surface area contributed by atoms with Crippen molar-refractivity contribution in [1.29, 1.82) is 0 Å². The standard InChI is InChI=1S/C21H24ClN3OSi/c1-27(2,3)11-10-26-14-25-13-18(17-5-7-20(22)24-21(17)25)15-4-6-19-16(12-15)8-9-23-19/h4-9,12-13,23H,10-11,14H2,1-3H3. The average Bonchev–Trinajstić information content (AvgIpc) is 3.21. The molecule has 6 heteroatoms. The van der Waals surface area contributed by atoms with Crippen LogP contribution in [0.1, 0.15) is 0 Å². The van der Waals surface area contributed by atoms with E-state index in [0.717, 1.165) is 40.3 Å². The first kappa shape index (κ1) is 18.3. The molecule has 140 valence electrons. The van der Waals surface area contributed by atoms with Crippen LogP contribution in [0.2, 0.25) is 30.8 Å². The van der Waals surface area contributed by atoms with Crippen LogP contribution in [0, 0.1) is 0 Å². The normalized spacial score (nSPS) is 12.3. The Morgan fingerprint density at radius 1 is 1.15 bits per heavy atom. The Hall–Kier alpha value is -2.08. The summed E-state index contributed by atoms with van der Waals surface area (Å²) < 4.78 is 8.02. The summed E-state index contributed by atoms with van der Waals surface area (Å²) in [6.07, 6.45) is 4.09. The van der Waals surface area contributed by atoms with Crippen LogP contribution in [0.5, 0.6) is 0 Å². The topological polar surface area (TPSA) is 42.8 Å². The molecule has 0 atom stereocenters. The molecule has 0 radical (unpaired) electrons. The van der Waals surface area contributed by atoms with Gasteiger partial charge in [-0.05, 0) is 47.3 Å². The predicted octanol–water partition coefficient (Wildman–Crippen LogP) is 6.15. The molecule has 0 aliphatic heterocycles. The third-order valence-corrected chi connectivity index (χ3v) is 6.69. The van der Waals surface area contributed by atoms with Crippen LogP contribution >= 0.6 is 11.6 Å². The summed E-state index contributed by atoms with van der Waals surface area (Å²) in [5, 5.41) is 2.78. The molecule has 4 nitrogen and oxygen atoms in total. The zero-order chi connectivity index (χ0) is 19.0. The highest BCUT2D eigenvalue weighted by atomic mass is 35.5. The summed E-state index contributed by atoms with van der Waals surface area (Å²) in [5.74, 6) is 0. The number of H-pyrrole nitrogens is 1. The maximum Gasteiger partial charge on any atom is 0.144 e. The number of fused-ring (bicyclic) bond motifs is 2. The Bertz CT molecular complexity index is 1090. The van der Waals surface area contributed by atoms with Gasteiger partial charge in [-0.2, -0.15) is 0 Å². The lowest BCUT2D eigenvalue weighted by molar-refractivity contribution is 0.0899. The molecule has 0 unspecified atom stereocenters. The van der Waals surface area contributed by atoms with Gasteiger partial charge in [0.25, 0.3) is 0 Å². The first-order valence-electron chi connectivity index (χ1n) is 9.21. The molecule has 0 spiro atoms. The van der Waals surface area contributed by atoms with Crippen LogP contribution in [0.4, 0.5) is 0 Å². The van der Waals surface area contributed by atoms with Crippen molar-refractivity contribution in [3.05, 3.63) is 53.9 Å². The third-order valence-electron chi connectivity index (χ3n) is 4.78. The molecule has 0 saturated heterocycles. The monoisotopic (exact) mass is 397 g/mol. The molecular formula is C21H24ClN3OSi. The van der Waals surface area contributed by atoms with E-state index < -0.39 is 8.07 Å². The highest BCUT2D eigenvalue weighted by molar-refractivity contribution is 6.76. The quantitative estimate of drug-likeness (QED) is 0.241. The Morgan fingerprint density at radius 3 is 2.81 bits per heavy atom. The SMILES string of the molecule is C[Si](C)(C)CCOCn1cc(-c2ccc3[nH]ccc3c2)c2ccc(Cl)nc21. The summed E-state index contributed by atoms with van der Waals surface area (Å²) in [7, 11) is -1.10. The first-order valence-corrected chi connectivity index (χ1v) is 13.3. The molecule has 1 N–H and O–H groups in total. The van der Waals surface area contributed by atoms with Crippen molar-refractivity contribution in [2.45, 2.75) is 32.4 Å². The average molecular weight is 398 g/mol. The van der Waals surface area contributed by atoms with E-state index in [1.165, 1.54) is 5.39 Å². The molecule has 0 fully saturated rings. The van der Waals surface area contributed by atoms with E-state index in [0.29, 0.717) is 11.9 Å². The first-order chi connectivity index (χ1) is 12.9. The minimum Gasteiger partial charge on any atom is -0.361 e. The summed E-state index contributed by atoms with van der Waals surface area (Å²) in [6.45, 7) is 8.34. The number of nitrogens with zero attached hydrogens (tertiary/aromatic N) is 2. The van der Waals surface area contributed by atoms with Crippen LogP contribution in [0.15, 0.2) is 48.8 Å². The number of nitrogens with one attached hydrogen (secondary N) is 1. The molecule has 1 aromatic carbocycles. The van der Waals surface area contributed by atoms with E-state index in [1.54, 1.807) is 0 Å². The molecule has 4 rings (SSSR count). The number of hydrogen-bond donors (Lipinski definition) is 1. The summed E-state index contributed by atoms with van der Waals surface area (Å²) in [4.78, 5) is 7.80. The van der Waals surface area contributed by atoms with E-state index >= 15 is 0 Å². The Balaban J connectivity index is 1.68. The fourth-order valence-corrected chi connectivity index (χ4v) is 4.13. The van der Waals surface area contributed by atoms with E-state index in [4.69, 9.17) is 16.3 Å². The van der Waals surface area contributed by atoms with Gasteiger partial charge >= 0.3 is 0 Å². The van der Waals surface area contributed by atoms with Gasteiger partial charge < -0.3 is 14.3 Å². The van der Waals surface area contributed by atoms with Crippen molar-refractivity contribution in [2.75, 3.05) is 6.61 Å². The van der Waals surface area contributed by atoms with Crippen LogP contribution in [-0.4, -0.2) is 29.2 Å².